The molecule has 0 saturated carbocycles. The van der Waals surface area contributed by atoms with Gasteiger partial charge in [0.25, 0.3) is 5.91 Å². The lowest BCUT2D eigenvalue weighted by Crippen LogP contribution is -2.33. The van der Waals surface area contributed by atoms with E-state index in [1.165, 1.54) is 0 Å². The first kappa shape index (κ1) is 11.1. The van der Waals surface area contributed by atoms with E-state index >= 15 is 0 Å². The number of primary amides is 1. The van der Waals surface area contributed by atoms with Crippen molar-refractivity contribution in [2.75, 3.05) is 6.54 Å². The van der Waals surface area contributed by atoms with Crippen LogP contribution in [0.2, 0.25) is 0 Å². The second kappa shape index (κ2) is 3.90. The molecule has 1 aromatic heterocycles. The molecule has 2 rings (SSSR count). The van der Waals surface area contributed by atoms with Crippen molar-refractivity contribution < 1.29 is 4.79 Å². The first-order chi connectivity index (χ1) is 7.52. The maximum atomic E-state index is 11.3. The Balaban J connectivity index is 2.60. The number of hydrogen-bond donors (Lipinski definition) is 2. The molecule has 1 amide bonds. The van der Waals surface area contributed by atoms with Gasteiger partial charge < -0.3 is 15.6 Å². The lowest BCUT2D eigenvalue weighted by molar-refractivity contribution is 0.0994. The summed E-state index contributed by atoms with van der Waals surface area (Å²) in [5, 5.41) is 3.27. The van der Waals surface area contributed by atoms with Gasteiger partial charge in [-0.05, 0) is 6.92 Å². The van der Waals surface area contributed by atoms with Crippen LogP contribution in [0.15, 0.2) is 0 Å². The fourth-order valence-electron chi connectivity index (χ4n) is 2.24. The zero-order valence-electron chi connectivity index (χ0n) is 9.95. The van der Waals surface area contributed by atoms with Crippen LogP contribution in [0, 0.1) is 0 Å². The van der Waals surface area contributed by atoms with E-state index in [0.717, 1.165) is 18.1 Å². The van der Waals surface area contributed by atoms with Gasteiger partial charge in [0.05, 0.1) is 5.69 Å². The largest absolute Gasteiger partial charge is 0.364 e. The zero-order valence-corrected chi connectivity index (χ0v) is 9.95. The van der Waals surface area contributed by atoms with Crippen LogP contribution >= 0.6 is 0 Å². The molecule has 0 fully saturated rings. The van der Waals surface area contributed by atoms with Crippen molar-refractivity contribution in [2.24, 2.45) is 5.73 Å². The predicted octanol–water partition coefficient (Wildman–Crippen LogP) is 0.770. The number of nitrogens with zero attached hydrogens (tertiary/aromatic N) is 2. The van der Waals surface area contributed by atoms with E-state index < -0.39 is 5.91 Å². The van der Waals surface area contributed by atoms with Gasteiger partial charge in [-0.15, -0.1) is 0 Å². The van der Waals surface area contributed by atoms with Crippen molar-refractivity contribution in [3.63, 3.8) is 0 Å². The summed E-state index contributed by atoms with van der Waals surface area (Å²) in [5.41, 5.74) is 6.70. The molecule has 1 atom stereocenters. The average Bonchev–Trinajstić information content (AvgIpc) is 2.58. The van der Waals surface area contributed by atoms with Crippen molar-refractivity contribution >= 4 is 5.91 Å². The van der Waals surface area contributed by atoms with Crippen molar-refractivity contribution in [1.29, 1.82) is 0 Å². The fourth-order valence-corrected chi connectivity index (χ4v) is 2.24. The molecular weight excluding hydrogens is 204 g/mol. The maximum Gasteiger partial charge on any atom is 0.269 e. The highest BCUT2D eigenvalue weighted by molar-refractivity contribution is 5.92. The number of nitrogens with one attached hydrogen (secondary N) is 1. The minimum atomic E-state index is -0.438. The van der Waals surface area contributed by atoms with E-state index in [1.807, 2.05) is 0 Å². The van der Waals surface area contributed by atoms with Crippen molar-refractivity contribution in [1.82, 2.24) is 14.9 Å². The quantitative estimate of drug-likeness (QED) is 0.776. The predicted molar refractivity (Wildman–Crippen MR) is 61.3 cm³/mol. The monoisotopic (exact) mass is 222 g/mol. The summed E-state index contributed by atoms with van der Waals surface area (Å²) in [7, 11) is 0. The zero-order chi connectivity index (χ0) is 11.9. The van der Waals surface area contributed by atoms with Crippen LogP contribution in [0.3, 0.4) is 0 Å². The Bertz CT molecular complexity index is 422. The molecule has 0 aromatic carbocycles. The summed E-state index contributed by atoms with van der Waals surface area (Å²) in [4.78, 5) is 15.7. The second-order valence-electron chi connectivity index (χ2n) is 4.63. The summed E-state index contributed by atoms with van der Waals surface area (Å²) >= 11 is 0. The van der Waals surface area contributed by atoms with Crippen LogP contribution in [0.4, 0.5) is 0 Å². The Hall–Kier alpha value is -1.36. The third-order valence-electron chi connectivity index (χ3n) is 2.96. The third kappa shape index (κ3) is 1.61. The van der Waals surface area contributed by atoms with Crippen LogP contribution in [-0.2, 0) is 6.54 Å². The maximum absolute atomic E-state index is 11.3. The number of imidazole rings is 1. The topological polar surface area (TPSA) is 72.9 Å². The fraction of sp³-hybridized carbons (Fsp3) is 0.636. The Labute approximate surface area is 95.0 Å². The molecule has 1 aliphatic rings. The highest BCUT2D eigenvalue weighted by Crippen LogP contribution is 2.25. The summed E-state index contributed by atoms with van der Waals surface area (Å²) in [5.74, 6) is 0.816. The molecule has 5 heteroatoms. The van der Waals surface area contributed by atoms with E-state index in [-0.39, 0.29) is 0 Å². The molecule has 0 bridgehead atoms. The van der Waals surface area contributed by atoms with E-state index in [9.17, 15) is 4.79 Å². The molecule has 1 unspecified atom stereocenters. The van der Waals surface area contributed by atoms with Gasteiger partial charge in [-0.3, -0.25) is 4.79 Å². The number of amides is 1. The van der Waals surface area contributed by atoms with Gasteiger partial charge in [-0.2, -0.15) is 0 Å². The number of aromatic nitrogens is 2. The van der Waals surface area contributed by atoms with Crippen molar-refractivity contribution in [3.8, 4) is 0 Å². The Kier molecular flexibility index (Phi) is 2.71. The molecule has 5 nitrogen and oxygen atoms in total. The van der Waals surface area contributed by atoms with Crippen LogP contribution in [0.5, 0.6) is 0 Å². The number of carbonyl (C=O) groups is 1. The van der Waals surface area contributed by atoms with Gasteiger partial charge in [-0.25, -0.2) is 4.98 Å². The molecule has 1 aromatic rings. The first-order valence-electron chi connectivity index (χ1n) is 5.64. The first-order valence-corrected chi connectivity index (χ1v) is 5.64. The minimum absolute atomic E-state index is 0.299. The molecule has 88 valence electrons. The van der Waals surface area contributed by atoms with E-state index in [0.29, 0.717) is 24.2 Å². The molecule has 16 heavy (non-hydrogen) atoms. The van der Waals surface area contributed by atoms with Crippen molar-refractivity contribution in [2.45, 2.75) is 39.3 Å². The molecule has 0 radical (unpaired) electrons. The third-order valence-corrected chi connectivity index (χ3v) is 2.96. The van der Waals surface area contributed by atoms with Gasteiger partial charge in [0, 0.05) is 25.0 Å². The van der Waals surface area contributed by atoms with Crippen molar-refractivity contribution in [3.05, 3.63) is 17.2 Å². The van der Waals surface area contributed by atoms with Gasteiger partial charge >= 0.3 is 0 Å². The number of nitrogens with two attached hydrogens (primary N) is 1. The van der Waals surface area contributed by atoms with Gasteiger partial charge in [0.2, 0.25) is 0 Å². The number of rotatable bonds is 2. The normalized spacial score (nSPS) is 19.9. The van der Waals surface area contributed by atoms with E-state index in [1.54, 1.807) is 0 Å². The molecular formula is C11H18N4O. The molecule has 0 aliphatic carbocycles. The van der Waals surface area contributed by atoms with Crippen LogP contribution in [-0.4, -0.2) is 22.0 Å². The Morgan fingerprint density at radius 1 is 1.62 bits per heavy atom. The average molecular weight is 222 g/mol. The minimum Gasteiger partial charge on any atom is -0.364 e. The summed E-state index contributed by atoms with van der Waals surface area (Å²) < 4.78 is 2.15. The molecule has 2 heterocycles. The molecule has 1 aliphatic heterocycles. The number of fused-ring (bicyclic) bond motifs is 1. The number of hydrogen-bond acceptors (Lipinski definition) is 3. The van der Waals surface area contributed by atoms with Gasteiger partial charge in [0.15, 0.2) is 5.69 Å². The van der Waals surface area contributed by atoms with E-state index in [2.05, 4.69) is 35.6 Å². The smallest absolute Gasteiger partial charge is 0.269 e. The molecule has 0 saturated heterocycles. The second-order valence-corrected chi connectivity index (χ2v) is 4.63. The van der Waals surface area contributed by atoms with Crippen LogP contribution < -0.4 is 11.1 Å². The molecule has 3 N–H and O–H groups in total. The van der Waals surface area contributed by atoms with Crippen LogP contribution in [0.25, 0.3) is 0 Å². The Morgan fingerprint density at radius 3 is 2.88 bits per heavy atom. The SMILES string of the molecule is CC(C)c1nc(C(N)=O)c2n1C(C)CNC2. The lowest BCUT2D eigenvalue weighted by atomic mass is 10.1. The standard InChI is InChI=1S/C11H18N4O/c1-6(2)11-14-9(10(12)16)8-5-13-4-7(3)15(8)11/h6-7,13H,4-5H2,1-3H3,(H2,12,16). The Morgan fingerprint density at radius 2 is 2.31 bits per heavy atom. The highest BCUT2D eigenvalue weighted by atomic mass is 16.1. The highest BCUT2D eigenvalue weighted by Gasteiger charge is 2.27. The van der Waals surface area contributed by atoms with Crippen LogP contribution in [0.1, 0.15) is 54.7 Å². The van der Waals surface area contributed by atoms with Gasteiger partial charge in [0.1, 0.15) is 5.82 Å². The lowest BCUT2D eigenvalue weighted by Gasteiger charge is -2.26. The molecule has 0 spiro atoms. The van der Waals surface area contributed by atoms with Gasteiger partial charge in [-0.1, -0.05) is 13.8 Å². The van der Waals surface area contributed by atoms with E-state index in [4.69, 9.17) is 5.73 Å². The summed E-state index contributed by atoms with van der Waals surface area (Å²) in [6.45, 7) is 7.85. The number of carbonyl (C=O) groups excluding carboxylic acids is 1. The summed E-state index contributed by atoms with van der Waals surface area (Å²) in [6.07, 6.45) is 0. The summed E-state index contributed by atoms with van der Waals surface area (Å²) in [6, 6.07) is 0.321.